The normalized spacial score (nSPS) is 13.6. The van der Waals surface area contributed by atoms with Crippen molar-refractivity contribution in [3.8, 4) is 0 Å². The predicted molar refractivity (Wildman–Crippen MR) is 72.3 cm³/mol. The first-order chi connectivity index (χ1) is 10.1. The van der Waals surface area contributed by atoms with Crippen molar-refractivity contribution in [2.45, 2.75) is 19.2 Å². The Hall–Kier alpha value is -1.81. The van der Waals surface area contributed by atoms with Crippen LogP contribution in [0.1, 0.15) is 24.2 Å². The number of benzene rings is 1. The minimum atomic E-state index is -4.68. The Kier molecular flexibility index (Phi) is 5.78. The van der Waals surface area contributed by atoms with Crippen LogP contribution in [0.15, 0.2) is 24.3 Å². The molecule has 0 aromatic heterocycles. The highest BCUT2D eigenvalue weighted by Crippen LogP contribution is 2.35. The molecule has 124 valence electrons. The fraction of sp³-hybridized carbons (Fsp3) is 0.417. The van der Waals surface area contributed by atoms with Gasteiger partial charge in [-0.25, -0.2) is 17.9 Å². The van der Waals surface area contributed by atoms with E-state index in [-0.39, 0.29) is 11.3 Å². The molecule has 1 unspecified atom stereocenters. The summed E-state index contributed by atoms with van der Waals surface area (Å²) in [5.74, 6) is -0.267. The summed E-state index contributed by atoms with van der Waals surface area (Å²) in [4.78, 5) is 10.9. The Bertz CT molecular complexity index is 632. The Morgan fingerprint density at radius 3 is 2.45 bits per heavy atom. The van der Waals surface area contributed by atoms with Crippen molar-refractivity contribution in [2.24, 2.45) is 5.73 Å². The van der Waals surface area contributed by atoms with Gasteiger partial charge in [0.15, 0.2) is 0 Å². The zero-order chi connectivity index (χ0) is 17.0. The number of carbonyl (C=O) groups excluding carboxylic acids is 1. The van der Waals surface area contributed by atoms with E-state index in [9.17, 15) is 26.4 Å². The fourth-order valence-electron chi connectivity index (χ4n) is 1.70. The van der Waals surface area contributed by atoms with Crippen molar-refractivity contribution in [1.82, 2.24) is 4.72 Å². The molecule has 10 heteroatoms. The predicted octanol–water partition coefficient (Wildman–Crippen LogP) is 1.78. The third kappa shape index (κ3) is 5.19. The summed E-state index contributed by atoms with van der Waals surface area (Å²) in [6.45, 7) is 0.808. The van der Waals surface area contributed by atoms with Crippen LogP contribution in [0, 0.1) is 0 Å². The van der Waals surface area contributed by atoms with E-state index in [0.717, 1.165) is 12.1 Å². The highest BCUT2D eigenvalue weighted by molar-refractivity contribution is 7.89. The van der Waals surface area contributed by atoms with E-state index < -0.39 is 40.5 Å². The molecule has 0 fully saturated rings. The van der Waals surface area contributed by atoms with Crippen molar-refractivity contribution < 1.29 is 31.1 Å². The summed E-state index contributed by atoms with van der Waals surface area (Å²) in [5.41, 5.74) is 3.43. The molecule has 3 N–H and O–H groups in total. The maximum absolute atomic E-state index is 13.0. The summed E-state index contributed by atoms with van der Waals surface area (Å²) in [6, 6.07) is 4.39. The number of sulfonamides is 1. The number of rotatable bonds is 6. The lowest BCUT2D eigenvalue weighted by Crippen LogP contribution is -2.33. The quantitative estimate of drug-likeness (QED) is 0.824. The Morgan fingerprint density at radius 1 is 1.36 bits per heavy atom. The van der Waals surface area contributed by atoms with Gasteiger partial charge in [0.05, 0.1) is 17.9 Å². The van der Waals surface area contributed by atoms with Crippen molar-refractivity contribution in [3.63, 3.8) is 0 Å². The molecule has 6 nitrogen and oxygen atoms in total. The van der Waals surface area contributed by atoms with Crippen LogP contribution in [0.2, 0.25) is 0 Å². The molecule has 0 saturated carbocycles. The third-order valence-corrected chi connectivity index (χ3v) is 4.11. The fourth-order valence-corrected chi connectivity index (χ4v) is 2.31. The molecule has 1 rings (SSSR count). The third-order valence-electron chi connectivity index (χ3n) is 2.74. The Morgan fingerprint density at radius 2 is 1.95 bits per heavy atom. The van der Waals surface area contributed by atoms with Gasteiger partial charge in [-0.15, -0.1) is 0 Å². The zero-order valence-corrected chi connectivity index (χ0v) is 12.4. The Labute approximate surface area is 125 Å². The van der Waals surface area contributed by atoms with Crippen LogP contribution in [0.25, 0.3) is 0 Å². The van der Waals surface area contributed by atoms with E-state index in [1.165, 1.54) is 19.1 Å². The molecule has 0 spiro atoms. The molecule has 0 aliphatic carbocycles. The minimum absolute atomic E-state index is 0.267. The molecule has 22 heavy (non-hydrogen) atoms. The minimum Gasteiger partial charge on any atom is -0.440 e. The van der Waals surface area contributed by atoms with Gasteiger partial charge >= 0.3 is 12.3 Å². The van der Waals surface area contributed by atoms with Crippen LogP contribution >= 0.6 is 0 Å². The van der Waals surface area contributed by atoms with Crippen molar-refractivity contribution in [1.29, 1.82) is 0 Å². The van der Waals surface area contributed by atoms with Crippen molar-refractivity contribution in [3.05, 3.63) is 35.4 Å². The summed E-state index contributed by atoms with van der Waals surface area (Å²) in [5, 5.41) is 0. The second-order valence-electron chi connectivity index (χ2n) is 4.26. The lowest BCUT2D eigenvalue weighted by atomic mass is 10.0. The molecule has 1 atom stereocenters. The lowest BCUT2D eigenvalue weighted by molar-refractivity contribution is -0.139. The van der Waals surface area contributed by atoms with Gasteiger partial charge in [0.1, 0.15) is 6.10 Å². The van der Waals surface area contributed by atoms with Crippen LogP contribution in [0.4, 0.5) is 18.0 Å². The first kappa shape index (κ1) is 18.2. The van der Waals surface area contributed by atoms with Gasteiger partial charge < -0.3 is 10.5 Å². The summed E-state index contributed by atoms with van der Waals surface area (Å²) < 4.78 is 68.4. The van der Waals surface area contributed by atoms with Crippen LogP contribution in [0.5, 0.6) is 0 Å². The maximum Gasteiger partial charge on any atom is 0.416 e. The summed E-state index contributed by atoms with van der Waals surface area (Å²) in [7, 11) is -3.67. The van der Waals surface area contributed by atoms with E-state index in [1.807, 2.05) is 0 Å². The molecule has 1 aromatic carbocycles. The molecule has 0 bridgehead atoms. The number of alkyl halides is 3. The number of halogens is 3. The van der Waals surface area contributed by atoms with Gasteiger partial charge in [-0.1, -0.05) is 18.2 Å². The average Bonchev–Trinajstić information content (AvgIpc) is 2.42. The van der Waals surface area contributed by atoms with Crippen LogP contribution in [0.3, 0.4) is 0 Å². The first-order valence-corrected chi connectivity index (χ1v) is 7.81. The lowest BCUT2D eigenvalue weighted by Gasteiger charge is -2.21. The number of hydrogen-bond acceptors (Lipinski definition) is 4. The molecular formula is C12H15F3N2O4S. The van der Waals surface area contributed by atoms with Crippen LogP contribution < -0.4 is 10.5 Å². The molecule has 1 amide bonds. The number of carbonyl (C=O) groups is 1. The zero-order valence-electron chi connectivity index (χ0n) is 11.6. The van der Waals surface area contributed by atoms with Gasteiger partial charge in [0.2, 0.25) is 10.0 Å². The van der Waals surface area contributed by atoms with E-state index in [2.05, 4.69) is 9.46 Å². The first-order valence-electron chi connectivity index (χ1n) is 6.16. The molecule has 1 aromatic rings. The molecule has 0 aliphatic rings. The van der Waals surface area contributed by atoms with Gasteiger partial charge in [-0.2, -0.15) is 13.2 Å². The maximum atomic E-state index is 13.0. The number of nitrogens with two attached hydrogens (primary N) is 1. The molecular weight excluding hydrogens is 325 g/mol. The van der Waals surface area contributed by atoms with Gasteiger partial charge in [0.25, 0.3) is 0 Å². The van der Waals surface area contributed by atoms with E-state index >= 15 is 0 Å². The standard InChI is InChI=1S/C12H15F3N2O4S/c1-2-22(19,20)17-7-10(21-11(16)18)8-5-3-4-6-9(8)12(13,14)15/h3-6,10,17H,2,7H2,1H3,(H2,16,18). The SMILES string of the molecule is CCS(=O)(=O)NCC(OC(N)=O)c1ccccc1C(F)(F)F. The summed E-state index contributed by atoms with van der Waals surface area (Å²) >= 11 is 0. The van der Waals surface area contributed by atoms with Gasteiger partial charge in [-0.05, 0) is 13.0 Å². The van der Waals surface area contributed by atoms with E-state index in [4.69, 9.17) is 5.73 Å². The Balaban J connectivity index is 3.15. The monoisotopic (exact) mass is 340 g/mol. The van der Waals surface area contributed by atoms with Gasteiger partial charge in [0, 0.05) is 5.56 Å². The molecule has 0 saturated heterocycles. The second-order valence-corrected chi connectivity index (χ2v) is 6.36. The number of primary amides is 1. The van der Waals surface area contributed by atoms with Crippen molar-refractivity contribution >= 4 is 16.1 Å². The molecule has 0 heterocycles. The van der Waals surface area contributed by atoms with Gasteiger partial charge in [-0.3, -0.25) is 0 Å². The smallest absolute Gasteiger partial charge is 0.416 e. The van der Waals surface area contributed by atoms with Crippen LogP contribution in [-0.4, -0.2) is 26.8 Å². The topological polar surface area (TPSA) is 98.5 Å². The highest BCUT2D eigenvalue weighted by atomic mass is 32.2. The number of nitrogens with one attached hydrogen (secondary N) is 1. The van der Waals surface area contributed by atoms with Crippen molar-refractivity contribution in [2.75, 3.05) is 12.3 Å². The number of ether oxygens (including phenoxy) is 1. The average molecular weight is 340 g/mol. The molecule has 0 radical (unpaired) electrons. The highest BCUT2D eigenvalue weighted by Gasteiger charge is 2.36. The largest absolute Gasteiger partial charge is 0.440 e. The molecule has 0 aliphatic heterocycles. The summed E-state index contributed by atoms with van der Waals surface area (Å²) in [6.07, 6.45) is -7.48. The second kappa shape index (κ2) is 6.97. The van der Waals surface area contributed by atoms with E-state index in [0.29, 0.717) is 0 Å². The number of amides is 1. The number of hydrogen-bond donors (Lipinski definition) is 2. The van der Waals surface area contributed by atoms with E-state index in [1.54, 1.807) is 0 Å². The van der Waals surface area contributed by atoms with Crippen LogP contribution in [-0.2, 0) is 20.9 Å².